The van der Waals surface area contributed by atoms with E-state index >= 15 is 0 Å². The summed E-state index contributed by atoms with van der Waals surface area (Å²) in [5, 5.41) is 3.40. The van der Waals surface area contributed by atoms with Crippen LogP contribution in [0.4, 0.5) is 5.95 Å². The van der Waals surface area contributed by atoms with Gasteiger partial charge in [-0.1, -0.05) is 25.5 Å². The van der Waals surface area contributed by atoms with Crippen molar-refractivity contribution in [1.82, 2.24) is 9.55 Å². The fraction of sp³-hybridized carbons (Fsp3) is 0.360. The second-order valence-electron chi connectivity index (χ2n) is 7.61. The molecule has 8 heteroatoms. The Hall–Kier alpha value is -3.68. The summed E-state index contributed by atoms with van der Waals surface area (Å²) in [6.45, 7) is 4.15. The van der Waals surface area contributed by atoms with Gasteiger partial charge in [-0.25, -0.2) is 9.78 Å². The number of esters is 1. The number of aromatic nitrogens is 2. The molecule has 0 aliphatic carbocycles. The van der Waals surface area contributed by atoms with Crippen molar-refractivity contribution < 1.29 is 23.7 Å². The Morgan fingerprint density at radius 3 is 2.45 bits per heavy atom. The first-order chi connectivity index (χ1) is 16.1. The molecular weight excluding hydrogens is 422 g/mol. The first kappa shape index (κ1) is 22.5. The van der Waals surface area contributed by atoms with Crippen LogP contribution in [0.3, 0.4) is 0 Å². The first-order valence-electron chi connectivity index (χ1n) is 11.0. The highest BCUT2D eigenvalue weighted by Crippen LogP contribution is 2.48. The number of benzene rings is 2. The van der Waals surface area contributed by atoms with Gasteiger partial charge in [-0.3, -0.25) is 4.57 Å². The summed E-state index contributed by atoms with van der Waals surface area (Å²) in [5.41, 5.74) is 3.78. The summed E-state index contributed by atoms with van der Waals surface area (Å²) < 4.78 is 24.5. The van der Waals surface area contributed by atoms with Crippen LogP contribution >= 0.6 is 0 Å². The maximum atomic E-state index is 13.4. The van der Waals surface area contributed by atoms with Crippen LogP contribution in [0, 0.1) is 0 Å². The molecule has 0 saturated carbocycles. The third-order valence-corrected chi connectivity index (χ3v) is 5.74. The van der Waals surface area contributed by atoms with E-state index in [9.17, 15) is 4.79 Å². The molecule has 2 heterocycles. The van der Waals surface area contributed by atoms with Gasteiger partial charge in [0, 0.05) is 11.3 Å². The zero-order valence-electron chi connectivity index (χ0n) is 19.6. The number of nitrogens with zero attached hydrogens (tertiary/aromatic N) is 2. The molecule has 1 aliphatic heterocycles. The van der Waals surface area contributed by atoms with E-state index in [4.69, 9.17) is 23.9 Å². The number of ether oxygens (including phenoxy) is 4. The van der Waals surface area contributed by atoms with Crippen LogP contribution in [0.2, 0.25) is 0 Å². The summed E-state index contributed by atoms with van der Waals surface area (Å²) in [4.78, 5) is 18.2. The Morgan fingerprint density at radius 2 is 1.79 bits per heavy atom. The smallest absolute Gasteiger partial charge is 0.338 e. The third-order valence-electron chi connectivity index (χ3n) is 5.74. The van der Waals surface area contributed by atoms with Gasteiger partial charge in [-0.15, -0.1) is 0 Å². The van der Waals surface area contributed by atoms with Crippen molar-refractivity contribution in [2.24, 2.45) is 0 Å². The van der Waals surface area contributed by atoms with Crippen LogP contribution in [0.15, 0.2) is 47.7 Å². The predicted molar refractivity (Wildman–Crippen MR) is 126 cm³/mol. The van der Waals surface area contributed by atoms with Gasteiger partial charge in [0.15, 0.2) is 11.5 Å². The monoisotopic (exact) mass is 451 g/mol. The van der Waals surface area contributed by atoms with Crippen molar-refractivity contribution in [3.63, 3.8) is 0 Å². The van der Waals surface area contributed by atoms with E-state index in [1.807, 2.05) is 41.0 Å². The number of hydrogen-bond acceptors (Lipinski definition) is 7. The predicted octanol–water partition coefficient (Wildman–Crippen LogP) is 4.69. The molecular formula is C25H29N3O5. The zero-order chi connectivity index (χ0) is 23.5. The van der Waals surface area contributed by atoms with Crippen LogP contribution in [-0.2, 0) is 9.53 Å². The first-order valence-corrected chi connectivity index (χ1v) is 11.0. The number of rotatable bonds is 8. The van der Waals surface area contributed by atoms with Crippen LogP contribution in [0.5, 0.6) is 17.2 Å². The maximum Gasteiger partial charge on any atom is 0.338 e. The van der Waals surface area contributed by atoms with Gasteiger partial charge in [0.25, 0.3) is 0 Å². The number of hydrogen-bond donors (Lipinski definition) is 1. The highest BCUT2D eigenvalue weighted by atomic mass is 16.5. The van der Waals surface area contributed by atoms with E-state index in [-0.39, 0.29) is 12.6 Å². The number of imidazole rings is 1. The van der Waals surface area contributed by atoms with Crippen molar-refractivity contribution in [2.45, 2.75) is 32.7 Å². The SMILES string of the molecule is CCCC1=C(C(=O)OCC)C(c2ccc(OC)c(OC)c2OC)n2c(nc3ccccc32)N1. The lowest BCUT2D eigenvalue weighted by molar-refractivity contribution is -0.139. The highest BCUT2D eigenvalue weighted by Gasteiger charge is 2.38. The fourth-order valence-electron chi connectivity index (χ4n) is 4.42. The largest absolute Gasteiger partial charge is 0.493 e. The Bertz CT molecular complexity index is 1210. The number of nitrogens with one attached hydrogen (secondary N) is 1. The molecule has 2 aromatic carbocycles. The van der Waals surface area contributed by atoms with E-state index in [2.05, 4.69) is 12.2 Å². The van der Waals surface area contributed by atoms with Gasteiger partial charge in [-0.05, 0) is 37.6 Å². The number of anilines is 1. The second-order valence-corrected chi connectivity index (χ2v) is 7.61. The van der Waals surface area contributed by atoms with Crippen molar-refractivity contribution in [3.05, 3.63) is 53.2 Å². The minimum Gasteiger partial charge on any atom is -0.493 e. The van der Waals surface area contributed by atoms with E-state index in [0.29, 0.717) is 35.2 Å². The van der Waals surface area contributed by atoms with Gasteiger partial charge in [0.05, 0.1) is 50.6 Å². The molecule has 4 rings (SSSR count). The molecule has 1 aromatic heterocycles. The Labute approximate surface area is 193 Å². The van der Waals surface area contributed by atoms with Gasteiger partial charge >= 0.3 is 5.97 Å². The fourth-order valence-corrected chi connectivity index (χ4v) is 4.42. The lowest BCUT2D eigenvalue weighted by Crippen LogP contribution is -2.30. The topological polar surface area (TPSA) is 83.8 Å². The van der Waals surface area contributed by atoms with Gasteiger partial charge in [0.2, 0.25) is 11.7 Å². The maximum absolute atomic E-state index is 13.4. The minimum atomic E-state index is -0.538. The lowest BCUT2D eigenvalue weighted by atomic mass is 9.92. The lowest BCUT2D eigenvalue weighted by Gasteiger charge is -2.32. The number of allylic oxidation sites excluding steroid dienone is 1. The normalized spacial score (nSPS) is 15.1. The molecule has 8 nitrogen and oxygen atoms in total. The van der Waals surface area contributed by atoms with Crippen molar-refractivity contribution in [2.75, 3.05) is 33.3 Å². The molecule has 1 aliphatic rings. The highest BCUT2D eigenvalue weighted by molar-refractivity contribution is 5.94. The molecule has 0 bridgehead atoms. The summed E-state index contributed by atoms with van der Waals surface area (Å²) in [6, 6.07) is 11.0. The van der Waals surface area contributed by atoms with Crippen LogP contribution in [0.1, 0.15) is 38.3 Å². The molecule has 0 saturated heterocycles. The van der Waals surface area contributed by atoms with Gasteiger partial charge in [0.1, 0.15) is 0 Å². The quantitative estimate of drug-likeness (QED) is 0.497. The number of para-hydroxylation sites is 2. The van der Waals surface area contributed by atoms with E-state index in [0.717, 1.165) is 28.7 Å². The van der Waals surface area contributed by atoms with Gasteiger partial charge < -0.3 is 24.3 Å². The molecule has 3 aromatic rings. The molecule has 33 heavy (non-hydrogen) atoms. The molecule has 1 unspecified atom stereocenters. The number of carbonyl (C=O) groups is 1. The van der Waals surface area contributed by atoms with Crippen LogP contribution in [-0.4, -0.2) is 43.5 Å². The van der Waals surface area contributed by atoms with Crippen LogP contribution < -0.4 is 19.5 Å². The number of fused-ring (bicyclic) bond motifs is 3. The number of methoxy groups -OCH3 is 3. The summed E-state index contributed by atoms with van der Waals surface area (Å²) in [7, 11) is 4.72. The van der Waals surface area contributed by atoms with E-state index < -0.39 is 6.04 Å². The second kappa shape index (κ2) is 9.44. The third kappa shape index (κ3) is 3.75. The van der Waals surface area contributed by atoms with Crippen molar-refractivity contribution >= 4 is 23.0 Å². The Morgan fingerprint density at radius 1 is 1.03 bits per heavy atom. The minimum absolute atomic E-state index is 0.273. The van der Waals surface area contributed by atoms with Gasteiger partial charge in [-0.2, -0.15) is 0 Å². The zero-order valence-corrected chi connectivity index (χ0v) is 19.6. The average Bonchev–Trinajstić information content (AvgIpc) is 3.20. The summed E-state index contributed by atoms with van der Waals surface area (Å²) in [6.07, 6.45) is 1.52. The Kier molecular flexibility index (Phi) is 6.44. The molecule has 1 atom stereocenters. The molecule has 0 spiro atoms. The molecule has 0 fully saturated rings. The summed E-state index contributed by atoms with van der Waals surface area (Å²) in [5.74, 6) is 1.78. The molecule has 0 radical (unpaired) electrons. The van der Waals surface area contributed by atoms with Crippen molar-refractivity contribution in [1.29, 1.82) is 0 Å². The molecule has 0 amide bonds. The van der Waals surface area contributed by atoms with Crippen LogP contribution in [0.25, 0.3) is 11.0 Å². The van der Waals surface area contributed by atoms with E-state index in [1.54, 1.807) is 28.3 Å². The average molecular weight is 452 g/mol. The Balaban J connectivity index is 2.07. The standard InChI is InChI=1S/C25H29N3O5/c1-6-10-17-20(24(29)33-7-2)21(15-13-14-19(30-3)23(32-5)22(15)31-4)28-18-12-9-8-11-16(18)26-25(28)27-17/h8-9,11-14,21H,6-7,10H2,1-5H3,(H,26,27). The molecule has 1 N–H and O–H groups in total. The van der Waals surface area contributed by atoms with E-state index in [1.165, 1.54) is 0 Å². The number of carbonyl (C=O) groups excluding carboxylic acids is 1. The van der Waals surface area contributed by atoms with Crippen molar-refractivity contribution in [3.8, 4) is 17.2 Å². The molecule has 174 valence electrons. The summed E-state index contributed by atoms with van der Waals surface area (Å²) >= 11 is 0.